The van der Waals surface area contributed by atoms with E-state index >= 15 is 0 Å². The lowest BCUT2D eigenvalue weighted by Gasteiger charge is -2.09. The van der Waals surface area contributed by atoms with Crippen LogP contribution in [-0.2, 0) is 11.2 Å². The van der Waals surface area contributed by atoms with E-state index in [-0.39, 0.29) is 11.7 Å². The van der Waals surface area contributed by atoms with Crippen LogP contribution in [0.25, 0.3) is 22.5 Å². The van der Waals surface area contributed by atoms with E-state index in [1.165, 1.54) is 11.8 Å². The predicted molar refractivity (Wildman–Crippen MR) is 131 cm³/mol. The van der Waals surface area contributed by atoms with Crippen molar-refractivity contribution in [1.82, 2.24) is 20.5 Å². The number of ether oxygens (including phenoxy) is 1. The molecule has 0 unspecified atom stereocenters. The van der Waals surface area contributed by atoms with Gasteiger partial charge in [-0.15, -0.1) is 10.2 Å². The van der Waals surface area contributed by atoms with Crippen LogP contribution in [0.4, 0.5) is 0 Å². The van der Waals surface area contributed by atoms with Gasteiger partial charge in [-0.3, -0.25) is 4.79 Å². The molecule has 4 rings (SSSR count). The lowest BCUT2D eigenvalue weighted by Crippen LogP contribution is -2.27. The molecule has 7 heteroatoms. The second-order valence-electron chi connectivity index (χ2n) is 7.26. The third-order valence-electron chi connectivity index (χ3n) is 4.99. The van der Waals surface area contributed by atoms with E-state index in [2.05, 4.69) is 15.5 Å². The van der Waals surface area contributed by atoms with Crippen molar-refractivity contribution >= 4 is 17.7 Å². The highest BCUT2D eigenvalue weighted by Crippen LogP contribution is 2.29. The normalized spacial score (nSPS) is 10.6. The zero-order chi connectivity index (χ0) is 22.9. The molecule has 1 heterocycles. The number of amides is 1. The zero-order valence-corrected chi connectivity index (χ0v) is 19.1. The van der Waals surface area contributed by atoms with Gasteiger partial charge in [0.15, 0.2) is 0 Å². The summed E-state index contributed by atoms with van der Waals surface area (Å²) in [6.45, 7) is 0.563. The first-order valence-electron chi connectivity index (χ1n) is 10.6. The van der Waals surface area contributed by atoms with Crippen molar-refractivity contribution in [3.8, 4) is 28.3 Å². The summed E-state index contributed by atoms with van der Waals surface area (Å²) in [6.07, 6.45) is 0.752. The summed E-state index contributed by atoms with van der Waals surface area (Å²) in [5.74, 6) is 0.981. The maximum absolute atomic E-state index is 12.3. The Kier molecular flexibility index (Phi) is 7.66. The minimum Gasteiger partial charge on any atom is -0.497 e. The van der Waals surface area contributed by atoms with Gasteiger partial charge < -0.3 is 10.1 Å². The van der Waals surface area contributed by atoms with Crippen molar-refractivity contribution < 1.29 is 9.53 Å². The molecule has 1 amide bonds. The molecular weight excluding hydrogens is 432 g/mol. The molecule has 166 valence electrons. The summed E-state index contributed by atoms with van der Waals surface area (Å²) in [5, 5.41) is 12.1. The first kappa shape index (κ1) is 22.5. The van der Waals surface area contributed by atoms with Crippen LogP contribution >= 0.6 is 11.8 Å². The summed E-state index contributed by atoms with van der Waals surface area (Å²) in [4.78, 5) is 17.1. The molecule has 0 saturated heterocycles. The van der Waals surface area contributed by atoms with Gasteiger partial charge in [0.1, 0.15) is 17.1 Å². The van der Waals surface area contributed by atoms with Crippen molar-refractivity contribution in [1.29, 1.82) is 0 Å². The van der Waals surface area contributed by atoms with E-state index < -0.39 is 0 Å². The summed E-state index contributed by atoms with van der Waals surface area (Å²) >= 11 is 1.28. The lowest BCUT2D eigenvalue weighted by molar-refractivity contribution is -0.118. The third kappa shape index (κ3) is 6.17. The average molecular weight is 457 g/mol. The third-order valence-corrected chi connectivity index (χ3v) is 5.83. The molecule has 0 aliphatic heterocycles. The molecule has 0 spiro atoms. The van der Waals surface area contributed by atoms with Gasteiger partial charge in [-0.25, -0.2) is 4.98 Å². The van der Waals surface area contributed by atoms with E-state index in [0.29, 0.717) is 11.7 Å². The number of aromatic nitrogens is 3. The standard InChI is InChI=1S/C26H24N4O2S/c1-32-22-14-12-19(13-15-22)16-17-27-23(31)18-33-26-28-24(20-8-4-2-5-9-20)25(29-30-26)21-10-6-3-7-11-21/h2-15H,16-18H2,1H3,(H,27,31). The van der Waals surface area contributed by atoms with Gasteiger partial charge in [0, 0.05) is 17.7 Å². The van der Waals surface area contributed by atoms with Gasteiger partial charge in [-0.2, -0.15) is 0 Å². The number of carbonyl (C=O) groups excluding carboxylic acids is 1. The molecule has 1 N–H and O–H groups in total. The Balaban J connectivity index is 1.39. The van der Waals surface area contributed by atoms with Crippen LogP contribution in [0.2, 0.25) is 0 Å². The van der Waals surface area contributed by atoms with Crippen molar-refractivity contribution in [3.05, 3.63) is 90.5 Å². The fraction of sp³-hybridized carbons (Fsp3) is 0.154. The SMILES string of the molecule is COc1ccc(CCNC(=O)CSc2nnc(-c3ccccc3)c(-c3ccccc3)n2)cc1. The van der Waals surface area contributed by atoms with Gasteiger partial charge in [0.05, 0.1) is 12.9 Å². The molecule has 33 heavy (non-hydrogen) atoms. The quantitative estimate of drug-likeness (QED) is 0.369. The average Bonchev–Trinajstić information content (AvgIpc) is 2.89. The van der Waals surface area contributed by atoms with E-state index in [9.17, 15) is 4.79 Å². The molecule has 0 radical (unpaired) electrons. The van der Waals surface area contributed by atoms with Crippen LogP contribution < -0.4 is 10.1 Å². The topological polar surface area (TPSA) is 77.0 Å². The van der Waals surface area contributed by atoms with Crippen LogP contribution in [0.5, 0.6) is 5.75 Å². The Morgan fingerprint density at radius 3 is 2.12 bits per heavy atom. The van der Waals surface area contributed by atoms with E-state index in [1.807, 2.05) is 84.9 Å². The van der Waals surface area contributed by atoms with E-state index in [4.69, 9.17) is 9.72 Å². The lowest BCUT2D eigenvalue weighted by atomic mass is 10.0. The molecule has 4 aromatic rings. The first-order valence-corrected chi connectivity index (χ1v) is 11.6. The number of rotatable bonds is 9. The van der Waals surface area contributed by atoms with Crippen LogP contribution in [0.3, 0.4) is 0 Å². The molecule has 0 fully saturated rings. The van der Waals surface area contributed by atoms with Crippen molar-refractivity contribution in [3.63, 3.8) is 0 Å². The van der Waals surface area contributed by atoms with Gasteiger partial charge >= 0.3 is 0 Å². The van der Waals surface area contributed by atoms with Crippen molar-refractivity contribution in [2.75, 3.05) is 19.4 Å². The van der Waals surface area contributed by atoms with Gasteiger partial charge in [0.25, 0.3) is 0 Å². The minimum atomic E-state index is -0.0643. The Hall–Kier alpha value is -3.71. The Morgan fingerprint density at radius 1 is 0.848 bits per heavy atom. The number of nitrogens with zero attached hydrogens (tertiary/aromatic N) is 3. The van der Waals surface area contributed by atoms with Crippen molar-refractivity contribution in [2.24, 2.45) is 0 Å². The maximum Gasteiger partial charge on any atom is 0.230 e. The number of methoxy groups -OCH3 is 1. The fourth-order valence-electron chi connectivity index (χ4n) is 3.28. The highest BCUT2D eigenvalue weighted by atomic mass is 32.2. The van der Waals surface area contributed by atoms with E-state index in [1.54, 1.807) is 7.11 Å². The Labute approximate surface area is 197 Å². The number of benzene rings is 3. The first-order chi connectivity index (χ1) is 16.2. The number of thioether (sulfide) groups is 1. The summed E-state index contributed by atoms with van der Waals surface area (Å²) in [5.41, 5.74) is 4.51. The number of hydrogen-bond acceptors (Lipinski definition) is 6. The smallest absolute Gasteiger partial charge is 0.230 e. The van der Waals surface area contributed by atoms with E-state index in [0.717, 1.165) is 40.2 Å². The van der Waals surface area contributed by atoms with Crippen LogP contribution in [0.1, 0.15) is 5.56 Å². The van der Waals surface area contributed by atoms with Crippen molar-refractivity contribution in [2.45, 2.75) is 11.6 Å². The van der Waals surface area contributed by atoms with Gasteiger partial charge in [0.2, 0.25) is 11.1 Å². The molecule has 0 atom stereocenters. The zero-order valence-electron chi connectivity index (χ0n) is 18.3. The van der Waals surface area contributed by atoms with Crippen LogP contribution in [0.15, 0.2) is 90.1 Å². The highest BCUT2D eigenvalue weighted by molar-refractivity contribution is 7.99. The molecule has 0 aliphatic rings. The molecule has 3 aromatic carbocycles. The summed E-state index contributed by atoms with van der Waals surface area (Å²) in [6, 6.07) is 27.6. The molecule has 0 saturated carbocycles. The molecule has 6 nitrogen and oxygen atoms in total. The maximum atomic E-state index is 12.3. The number of nitrogens with one attached hydrogen (secondary N) is 1. The minimum absolute atomic E-state index is 0.0643. The second-order valence-corrected chi connectivity index (χ2v) is 8.20. The summed E-state index contributed by atoms with van der Waals surface area (Å²) in [7, 11) is 1.64. The molecule has 0 bridgehead atoms. The predicted octanol–water partition coefficient (Wildman–Crippen LogP) is 4.67. The largest absolute Gasteiger partial charge is 0.497 e. The number of hydrogen-bond donors (Lipinski definition) is 1. The Bertz CT molecular complexity index is 1190. The molecule has 0 aliphatic carbocycles. The van der Waals surface area contributed by atoms with Crippen LogP contribution in [-0.4, -0.2) is 40.5 Å². The van der Waals surface area contributed by atoms with Gasteiger partial charge in [-0.05, 0) is 24.1 Å². The molecule has 1 aromatic heterocycles. The number of carbonyl (C=O) groups is 1. The molecular formula is C26H24N4O2S. The monoisotopic (exact) mass is 456 g/mol. The van der Waals surface area contributed by atoms with Crippen LogP contribution in [0, 0.1) is 0 Å². The Morgan fingerprint density at radius 2 is 1.48 bits per heavy atom. The fourth-order valence-corrected chi connectivity index (χ4v) is 3.90. The van der Waals surface area contributed by atoms with Gasteiger partial charge in [-0.1, -0.05) is 84.6 Å². The second kappa shape index (κ2) is 11.2. The highest BCUT2D eigenvalue weighted by Gasteiger charge is 2.14. The summed E-state index contributed by atoms with van der Waals surface area (Å²) < 4.78 is 5.17.